The minimum Gasteiger partial charge on any atom is -0.341 e. The number of hydrogen-bond acceptors (Lipinski definition) is 2. The molecular weight excluding hydrogens is 384 g/mol. The maximum Gasteiger partial charge on any atom is 0.255 e. The Morgan fingerprint density at radius 2 is 1.06 bits per heavy atom. The molecule has 0 aliphatic heterocycles. The monoisotopic (exact) mass is 406 g/mol. The standard InChI is InChI=1S/C27H22N2O2/c30-26(22-15-8-3-9-16-22)28-24-18-10-17-23(19-24)27(31)29-25(20-11-4-1-5-12-20)21-13-6-2-7-14-21/h1-19,25H,(H,28,30)(H,29,31). The zero-order chi connectivity index (χ0) is 21.5. The molecule has 0 bridgehead atoms. The zero-order valence-electron chi connectivity index (χ0n) is 16.9. The van der Waals surface area contributed by atoms with E-state index in [2.05, 4.69) is 10.6 Å². The van der Waals surface area contributed by atoms with Gasteiger partial charge in [-0.05, 0) is 41.5 Å². The van der Waals surface area contributed by atoms with Crippen molar-refractivity contribution < 1.29 is 9.59 Å². The van der Waals surface area contributed by atoms with Gasteiger partial charge in [-0.1, -0.05) is 84.9 Å². The molecule has 0 radical (unpaired) electrons. The summed E-state index contributed by atoms with van der Waals surface area (Å²) in [5, 5.41) is 5.98. The van der Waals surface area contributed by atoms with Crippen LogP contribution in [-0.4, -0.2) is 11.8 Å². The molecule has 4 rings (SSSR count). The lowest BCUT2D eigenvalue weighted by atomic mass is 9.98. The molecule has 0 heterocycles. The number of amides is 2. The van der Waals surface area contributed by atoms with Crippen LogP contribution in [-0.2, 0) is 0 Å². The third-order valence-corrected chi connectivity index (χ3v) is 4.96. The largest absolute Gasteiger partial charge is 0.341 e. The smallest absolute Gasteiger partial charge is 0.255 e. The van der Waals surface area contributed by atoms with Crippen LogP contribution in [0, 0.1) is 0 Å². The van der Waals surface area contributed by atoms with Crippen molar-refractivity contribution in [2.24, 2.45) is 0 Å². The topological polar surface area (TPSA) is 58.2 Å². The van der Waals surface area contributed by atoms with Crippen LogP contribution in [0.25, 0.3) is 0 Å². The second-order valence-electron chi connectivity index (χ2n) is 7.13. The molecule has 0 aliphatic carbocycles. The van der Waals surface area contributed by atoms with Crippen LogP contribution in [0.3, 0.4) is 0 Å². The summed E-state index contributed by atoms with van der Waals surface area (Å²) in [6.07, 6.45) is 0. The van der Waals surface area contributed by atoms with Gasteiger partial charge in [-0.15, -0.1) is 0 Å². The predicted molar refractivity (Wildman–Crippen MR) is 123 cm³/mol. The van der Waals surface area contributed by atoms with E-state index in [1.165, 1.54) is 0 Å². The lowest BCUT2D eigenvalue weighted by Crippen LogP contribution is -2.29. The lowest BCUT2D eigenvalue weighted by Gasteiger charge is -2.20. The average molecular weight is 406 g/mol. The van der Waals surface area contributed by atoms with Crippen molar-refractivity contribution in [1.29, 1.82) is 0 Å². The first-order chi connectivity index (χ1) is 15.2. The quantitative estimate of drug-likeness (QED) is 0.447. The summed E-state index contributed by atoms with van der Waals surface area (Å²) >= 11 is 0. The van der Waals surface area contributed by atoms with Gasteiger partial charge in [-0.2, -0.15) is 0 Å². The normalized spacial score (nSPS) is 10.5. The Bertz CT molecular complexity index is 1120. The van der Waals surface area contributed by atoms with Crippen LogP contribution in [0.4, 0.5) is 5.69 Å². The van der Waals surface area contributed by atoms with Crippen LogP contribution in [0.5, 0.6) is 0 Å². The first-order valence-corrected chi connectivity index (χ1v) is 10.1. The number of carbonyl (C=O) groups excluding carboxylic acids is 2. The summed E-state index contributed by atoms with van der Waals surface area (Å²) in [5.74, 6) is -0.432. The number of rotatable bonds is 6. The van der Waals surface area contributed by atoms with E-state index in [4.69, 9.17) is 0 Å². The van der Waals surface area contributed by atoms with Crippen molar-refractivity contribution >= 4 is 17.5 Å². The van der Waals surface area contributed by atoms with E-state index in [9.17, 15) is 9.59 Å². The molecule has 31 heavy (non-hydrogen) atoms. The molecule has 2 N–H and O–H groups in total. The van der Waals surface area contributed by atoms with Gasteiger partial charge in [0.1, 0.15) is 0 Å². The maximum atomic E-state index is 13.1. The summed E-state index contributed by atoms with van der Waals surface area (Å²) in [5.41, 5.74) is 3.59. The average Bonchev–Trinajstić information content (AvgIpc) is 2.84. The molecule has 4 aromatic rings. The maximum absolute atomic E-state index is 13.1. The Kier molecular flexibility index (Phi) is 6.19. The van der Waals surface area contributed by atoms with Gasteiger partial charge < -0.3 is 10.6 Å². The molecule has 0 saturated carbocycles. The van der Waals surface area contributed by atoms with E-state index in [-0.39, 0.29) is 17.9 Å². The molecule has 4 nitrogen and oxygen atoms in total. The Balaban J connectivity index is 1.54. The van der Waals surface area contributed by atoms with Gasteiger partial charge in [0.25, 0.3) is 11.8 Å². The second-order valence-corrected chi connectivity index (χ2v) is 7.13. The number of hydrogen-bond donors (Lipinski definition) is 2. The first kappa shape index (κ1) is 20.1. The fourth-order valence-corrected chi connectivity index (χ4v) is 3.40. The molecule has 0 aromatic heterocycles. The lowest BCUT2D eigenvalue weighted by molar-refractivity contribution is 0.0941. The highest BCUT2D eigenvalue weighted by molar-refractivity contribution is 6.05. The molecule has 152 valence electrons. The van der Waals surface area contributed by atoms with E-state index >= 15 is 0 Å². The van der Waals surface area contributed by atoms with Gasteiger partial charge in [-0.25, -0.2) is 0 Å². The highest BCUT2D eigenvalue weighted by atomic mass is 16.2. The summed E-state index contributed by atoms with van der Waals surface area (Å²) in [6.45, 7) is 0. The molecule has 4 heteroatoms. The van der Waals surface area contributed by atoms with Crippen LogP contribution in [0.2, 0.25) is 0 Å². The Morgan fingerprint density at radius 3 is 1.65 bits per heavy atom. The number of benzene rings is 4. The Labute approximate surface area is 181 Å². The van der Waals surface area contributed by atoms with Gasteiger partial charge in [0.15, 0.2) is 0 Å². The molecule has 0 unspecified atom stereocenters. The van der Waals surface area contributed by atoms with E-state index < -0.39 is 0 Å². The number of anilines is 1. The van der Waals surface area contributed by atoms with Crippen molar-refractivity contribution in [3.8, 4) is 0 Å². The van der Waals surface area contributed by atoms with Crippen LogP contribution in [0.15, 0.2) is 115 Å². The fraction of sp³-hybridized carbons (Fsp3) is 0.0370. The van der Waals surface area contributed by atoms with E-state index in [1.807, 2.05) is 78.9 Å². The van der Waals surface area contributed by atoms with E-state index in [0.29, 0.717) is 16.8 Å². The van der Waals surface area contributed by atoms with Gasteiger partial charge in [0, 0.05) is 16.8 Å². The van der Waals surface area contributed by atoms with Crippen molar-refractivity contribution in [3.63, 3.8) is 0 Å². The predicted octanol–water partition coefficient (Wildman–Crippen LogP) is 5.46. The SMILES string of the molecule is O=C(Nc1cccc(C(=O)NC(c2ccccc2)c2ccccc2)c1)c1ccccc1. The molecule has 0 fully saturated rings. The Morgan fingerprint density at radius 1 is 0.548 bits per heavy atom. The second kappa shape index (κ2) is 9.55. The molecule has 0 aliphatic rings. The molecule has 2 amide bonds. The van der Waals surface area contributed by atoms with E-state index in [0.717, 1.165) is 11.1 Å². The van der Waals surface area contributed by atoms with Crippen LogP contribution < -0.4 is 10.6 Å². The fourth-order valence-electron chi connectivity index (χ4n) is 3.40. The van der Waals surface area contributed by atoms with Gasteiger partial charge in [0.05, 0.1) is 6.04 Å². The first-order valence-electron chi connectivity index (χ1n) is 10.1. The third-order valence-electron chi connectivity index (χ3n) is 4.96. The van der Waals surface area contributed by atoms with Gasteiger partial charge >= 0.3 is 0 Å². The number of nitrogens with one attached hydrogen (secondary N) is 2. The van der Waals surface area contributed by atoms with Gasteiger partial charge in [-0.3, -0.25) is 9.59 Å². The van der Waals surface area contributed by atoms with Crippen molar-refractivity contribution in [3.05, 3.63) is 138 Å². The van der Waals surface area contributed by atoms with Crippen molar-refractivity contribution in [2.75, 3.05) is 5.32 Å². The Hall–Kier alpha value is -4.18. The summed E-state index contributed by atoms with van der Waals surface area (Å²) in [4.78, 5) is 25.5. The number of carbonyl (C=O) groups is 2. The van der Waals surface area contributed by atoms with Crippen LogP contribution in [0.1, 0.15) is 37.9 Å². The minimum atomic E-state index is -0.280. The molecule has 0 atom stereocenters. The summed E-state index contributed by atoms with van der Waals surface area (Å²) < 4.78 is 0. The van der Waals surface area contributed by atoms with Crippen molar-refractivity contribution in [2.45, 2.75) is 6.04 Å². The van der Waals surface area contributed by atoms with Gasteiger partial charge in [0.2, 0.25) is 0 Å². The summed E-state index contributed by atoms with van der Waals surface area (Å²) in [6, 6.07) is 35.3. The van der Waals surface area contributed by atoms with E-state index in [1.54, 1.807) is 36.4 Å². The highest BCUT2D eigenvalue weighted by Crippen LogP contribution is 2.23. The third kappa shape index (κ3) is 5.06. The molecule has 0 saturated heterocycles. The zero-order valence-corrected chi connectivity index (χ0v) is 16.9. The highest BCUT2D eigenvalue weighted by Gasteiger charge is 2.18. The minimum absolute atomic E-state index is 0.214. The molecule has 4 aromatic carbocycles. The molecule has 0 spiro atoms. The van der Waals surface area contributed by atoms with Crippen LogP contribution >= 0.6 is 0 Å². The molecular formula is C27H22N2O2. The summed E-state index contributed by atoms with van der Waals surface area (Å²) in [7, 11) is 0. The van der Waals surface area contributed by atoms with Crippen molar-refractivity contribution in [1.82, 2.24) is 5.32 Å².